The van der Waals surface area contributed by atoms with Crippen LogP contribution in [0.2, 0.25) is 0 Å². The molecule has 252 valence electrons. The van der Waals surface area contributed by atoms with Crippen LogP contribution in [-0.2, 0) is 33.5 Å². The van der Waals surface area contributed by atoms with Gasteiger partial charge in [-0.3, -0.25) is 0 Å². The van der Waals surface area contributed by atoms with E-state index >= 15 is 0 Å². The first-order chi connectivity index (χ1) is 20.4. The number of hydrogen-bond donors (Lipinski definition) is 1. The summed E-state index contributed by atoms with van der Waals surface area (Å²) in [6.07, 6.45) is 20.7. The topological polar surface area (TPSA) is 47.9 Å². The highest BCUT2D eigenvalue weighted by molar-refractivity contribution is 5.46. The molecule has 0 radical (unpaired) electrons. The largest absolute Gasteiger partial charge is 0.508 e. The Balaban J connectivity index is 3.11. The Kier molecular flexibility index (Phi) is 20.1. The molecule has 0 saturated carbocycles. The van der Waals surface area contributed by atoms with E-state index < -0.39 is 0 Å². The molecule has 1 N–H and O–H groups in total. The van der Waals surface area contributed by atoms with Crippen LogP contribution in [-0.4, -0.2) is 41.7 Å². The van der Waals surface area contributed by atoms with E-state index in [4.69, 9.17) is 14.2 Å². The monoisotopic (exact) mass is 605 g/mol. The molecule has 1 aromatic rings. The number of aromatic hydroxyl groups is 1. The van der Waals surface area contributed by atoms with Crippen molar-refractivity contribution in [3.05, 3.63) is 28.8 Å². The van der Waals surface area contributed by atoms with E-state index in [1.165, 1.54) is 88.2 Å². The smallest absolute Gasteiger partial charge is 0.119 e. The third kappa shape index (κ3) is 18.5. The molecule has 0 aromatic heterocycles. The minimum absolute atomic E-state index is 0.289. The molecule has 0 aliphatic heterocycles. The van der Waals surface area contributed by atoms with Crippen molar-refractivity contribution in [2.24, 2.45) is 0 Å². The third-order valence-corrected chi connectivity index (χ3v) is 8.55. The highest BCUT2D eigenvalue weighted by atomic mass is 16.5. The van der Waals surface area contributed by atoms with Crippen LogP contribution in [0.25, 0.3) is 0 Å². The standard InChI is InChI=1S/C39H72O4/c1-10-13-16-19-22-27-41-37(4,5)30-33-25-26-36(40)35(32-39(8,9)43-29-24-21-18-15-12-3)34(33)31-38(6,7)42-28-23-20-17-14-11-2/h25-26,40H,10-24,27-32H2,1-9H3. The van der Waals surface area contributed by atoms with Crippen molar-refractivity contribution in [1.82, 2.24) is 0 Å². The first-order valence-corrected chi connectivity index (χ1v) is 18.1. The molecule has 4 nitrogen and oxygen atoms in total. The van der Waals surface area contributed by atoms with Crippen molar-refractivity contribution in [1.29, 1.82) is 0 Å². The average molecular weight is 605 g/mol. The Labute approximate surface area is 268 Å². The summed E-state index contributed by atoms with van der Waals surface area (Å²) in [6, 6.07) is 4.00. The number of ether oxygens (including phenoxy) is 3. The predicted octanol–water partition coefficient (Wildman–Crippen LogP) is 11.3. The molecule has 0 saturated heterocycles. The summed E-state index contributed by atoms with van der Waals surface area (Å²) in [5, 5.41) is 11.3. The summed E-state index contributed by atoms with van der Waals surface area (Å²) in [5.41, 5.74) is 2.46. The zero-order chi connectivity index (χ0) is 32.2. The number of phenolic OH excluding ortho intramolecular Hbond substituents is 1. The van der Waals surface area contributed by atoms with E-state index in [0.29, 0.717) is 12.2 Å². The Hall–Kier alpha value is -1.10. The van der Waals surface area contributed by atoms with Gasteiger partial charge in [0, 0.05) is 44.6 Å². The van der Waals surface area contributed by atoms with E-state index in [1.54, 1.807) is 0 Å². The van der Waals surface area contributed by atoms with Gasteiger partial charge in [0.15, 0.2) is 0 Å². The van der Waals surface area contributed by atoms with E-state index in [1.807, 2.05) is 6.07 Å². The summed E-state index contributed by atoms with van der Waals surface area (Å²) in [5.74, 6) is 0.364. The summed E-state index contributed by atoms with van der Waals surface area (Å²) in [6.45, 7) is 22.2. The molecule has 0 fully saturated rings. The van der Waals surface area contributed by atoms with E-state index in [2.05, 4.69) is 68.4 Å². The lowest BCUT2D eigenvalue weighted by atomic mass is 9.83. The molecule has 0 aliphatic carbocycles. The van der Waals surface area contributed by atoms with Gasteiger partial charge in [-0.25, -0.2) is 0 Å². The van der Waals surface area contributed by atoms with Crippen LogP contribution in [0.4, 0.5) is 0 Å². The van der Waals surface area contributed by atoms with Crippen LogP contribution in [0.1, 0.15) is 175 Å². The average Bonchev–Trinajstić information content (AvgIpc) is 2.93. The fraction of sp³-hybridized carbons (Fsp3) is 0.846. The molecule has 0 heterocycles. The second-order valence-corrected chi connectivity index (χ2v) is 14.8. The highest BCUT2D eigenvalue weighted by Gasteiger charge is 2.30. The van der Waals surface area contributed by atoms with E-state index in [0.717, 1.165) is 57.5 Å². The SMILES string of the molecule is CCCCCCCOC(C)(C)Cc1ccc(O)c(CC(C)(C)OCCCCCCC)c1CC(C)(C)OCCCCCCC. The molecule has 0 aliphatic rings. The van der Waals surface area contributed by atoms with Gasteiger partial charge in [-0.2, -0.15) is 0 Å². The van der Waals surface area contributed by atoms with Gasteiger partial charge in [-0.05, 0) is 78.0 Å². The van der Waals surface area contributed by atoms with Gasteiger partial charge < -0.3 is 19.3 Å². The lowest BCUT2D eigenvalue weighted by molar-refractivity contribution is -0.0253. The van der Waals surface area contributed by atoms with Crippen molar-refractivity contribution >= 4 is 0 Å². The summed E-state index contributed by atoms with van der Waals surface area (Å²) in [7, 11) is 0. The number of hydrogen-bond acceptors (Lipinski definition) is 4. The molecular formula is C39H72O4. The quantitative estimate of drug-likeness (QED) is 0.101. The van der Waals surface area contributed by atoms with Gasteiger partial charge >= 0.3 is 0 Å². The maximum atomic E-state index is 11.3. The van der Waals surface area contributed by atoms with Gasteiger partial charge in [0.25, 0.3) is 0 Å². The van der Waals surface area contributed by atoms with Gasteiger partial charge in [-0.15, -0.1) is 0 Å². The van der Waals surface area contributed by atoms with Crippen molar-refractivity contribution in [2.45, 2.75) is 195 Å². The molecule has 0 atom stereocenters. The molecule has 1 rings (SSSR count). The minimum Gasteiger partial charge on any atom is -0.508 e. The Morgan fingerprint density at radius 2 is 0.814 bits per heavy atom. The zero-order valence-corrected chi connectivity index (χ0v) is 30.2. The molecular weight excluding hydrogens is 532 g/mol. The maximum absolute atomic E-state index is 11.3. The fourth-order valence-corrected chi connectivity index (χ4v) is 5.94. The van der Waals surface area contributed by atoms with Crippen molar-refractivity contribution in [2.75, 3.05) is 19.8 Å². The van der Waals surface area contributed by atoms with Crippen LogP contribution in [0.15, 0.2) is 12.1 Å². The number of benzene rings is 1. The number of phenols is 1. The third-order valence-electron chi connectivity index (χ3n) is 8.55. The molecule has 0 spiro atoms. The van der Waals surface area contributed by atoms with Gasteiger partial charge in [0.2, 0.25) is 0 Å². The maximum Gasteiger partial charge on any atom is 0.119 e. The first kappa shape index (κ1) is 39.9. The summed E-state index contributed by atoms with van der Waals surface area (Å²) >= 11 is 0. The van der Waals surface area contributed by atoms with Crippen LogP contribution in [0.3, 0.4) is 0 Å². The molecule has 1 aromatic carbocycles. The lowest BCUT2D eigenvalue weighted by Crippen LogP contribution is -2.33. The van der Waals surface area contributed by atoms with E-state index in [-0.39, 0.29) is 16.8 Å². The second-order valence-electron chi connectivity index (χ2n) is 14.8. The van der Waals surface area contributed by atoms with Gasteiger partial charge in [0.1, 0.15) is 5.75 Å². The van der Waals surface area contributed by atoms with Crippen LogP contribution in [0, 0.1) is 0 Å². The molecule has 0 bridgehead atoms. The van der Waals surface area contributed by atoms with Crippen LogP contribution < -0.4 is 0 Å². The van der Waals surface area contributed by atoms with Crippen LogP contribution >= 0.6 is 0 Å². The molecule has 0 unspecified atom stereocenters. The normalized spacial score (nSPS) is 12.8. The predicted molar refractivity (Wildman–Crippen MR) is 186 cm³/mol. The Bertz CT molecular complexity index is 842. The highest BCUT2D eigenvalue weighted by Crippen LogP contribution is 2.35. The molecule has 43 heavy (non-hydrogen) atoms. The molecule has 0 amide bonds. The van der Waals surface area contributed by atoms with Crippen molar-refractivity contribution in [3.8, 4) is 5.75 Å². The summed E-state index contributed by atoms with van der Waals surface area (Å²) < 4.78 is 19.4. The van der Waals surface area contributed by atoms with Gasteiger partial charge in [0.05, 0.1) is 16.8 Å². The summed E-state index contributed by atoms with van der Waals surface area (Å²) in [4.78, 5) is 0. The first-order valence-electron chi connectivity index (χ1n) is 18.1. The zero-order valence-electron chi connectivity index (χ0n) is 30.2. The number of unbranched alkanes of at least 4 members (excludes halogenated alkanes) is 12. The van der Waals surface area contributed by atoms with E-state index in [9.17, 15) is 5.11 Å². The second kappa shape index (κ2) is 21.6. The van der Waals surface area contributed by atoms with Crippen molar-refractivity contribution in [3.63, 3.8) is 0 Å². The van der Waals surface area contributed by atoms with Crippen LogP contribution in [0.5, 0.6) is 5.75 Å². The van der Waals surface area contributed by atoms with Crippen molar-refractivity contribution < 1.29 is 19.3 Å². The molecule has 4 heteroatoms. The Morgan fingerprint density at radius 1 is 0.465 bits per heavy atom. The number of rotatable bonds is 27. The lowest BCUT2D eigenvalue weighted by Gasteiger charge is -2.33. The minimum atomic E-state index is -0.371. The van der Waals surface area contributed by atoms with Gasteiger partial charge in [-0.1, -0.05) is 104 Å². The fourth-order valence-electron chi connectivity index (χ4n) is 5.94. The Morgan fingerprint density at radius 3 is 1.21 bits per heavy atom.